The van der Waals surface area contributed by atoms with Gasteiger partial charge in [-0.25, -0.2) is 18.1 Å². The van der Waals surface area contributed by atoms with Gasteiger partial charge >= 0.3 is 0 Å². The first-order valence-electron chi connectivity index (χ1n) is 6.59. The van der Waals surface area contributed by atoms with Gasteiger partial charge in [-0.05, 0) is 36.6 Å². The lowest BCUT2D eigenvalue weighted by Crippen LogP contribution is -2.37. The standard InChI is InChI=1S/C15H16N2O2S3/c1-12-5-7-14(8-6-12)22(18,19)17-13(10-20)11-21-15-4-2-3-9-16-15/h2-10,13,17H,11H2,1H3. The van der Waals surface area contributed by atoms with Crippen LogP contribution in [-0.4, -0.2) is 30.6 Å². The number of hydrogen-bond acceptors (Lipinski definition) is 5. The predicted molar refractivity (Wildman–Crippen MR) is 93.9 cm³/mol. The molecule has 0 saturated carbocycles. The van der Waals surface area contributed by atoms with Crippen molar-refractivity contribution in [1.82, 2.24) is 9.71 Å². The minimum atomic E-state index is -3.57. The van der Waals surface area contributed by atoms with Gasteiger partial charge in [-0.1, -0.05) is 36.0 Å². The number of benzene rings is 1. The van der Waals surface area contributed by atoms with E-state index in [0.717, 1.165) is 10.6 Å². The number of nitrogens with zero attached hydrogens (tertiary/aromatic N) is 1. The average molecular weight is 353 g/mol. The third-order valence-corrected chi connectivity index (χ3v) is 5.75. The van der Waals surface area contributed by atoms with Crippen molar-refractivity contribution in [2.24, 2.45) is 0 Å². The molecule has 0 amide bonds. The van der Waals surface area contributed by atoms with Crippen LogP contribution < -0.4 is 4.72 Å². The molecule has 7 heteroatoms. The Balaban J connectivity index is 2.02. The molecule has 0 aliphatic carbocycles. The van der Waals surface area contributed by atoms with E-state index in [1.54, 1.807) is 30.5 Å². The predicted octanol–water partition coefficient (Wildman–Crippen LogP) is 2.83. The van der Waals surface area contributed by atoms with Gasteiger partial charge in [-0.15, -0.1) is 11.8 Å². The lowest BCUT2D eigenvalue weighted by molar-refractivity contribution is 0.580. The van der Waals surface area contributed by atoms with Gasteiger partial charge in [-0.2, -0.15) is 0 Å². The number of hydrogen-bond donors (Lipinski definition) is 1. The molecule has 116 valence electrons. The van der Waals surface area contributed by atoms with Crippen LogP contribution in [0.4, 0.5) is 0 Å². The van der Waals surface area contributed by atoms with Gasteiger partial charge in [0.05, 0.1) is 16.0 Å². The van der Waals surface area contributed by atoms with Crippen LogP contribution in [0.15, 0.2) is 58.6 Å². The van der Waals surface area contributed by atoms with Crippen LogP contribution in [-0.2, 0) is 10.0 Å². The Morgan fingerprint density at radius 3 is 2.59 bits per heavy atom. The van der Waals surface area contributed by atoms with Crippen molar-refractivity contribution in [3.63, 3.8) is 0 Å². The Morgan fingerprint density at radius 1 is 1.27 bits per heavy atom. The molecule has 0 aliphatic heterocycles. The quantitative estimate of drug-likeness (QED) is 0.613. The van der Waals surface area contributed by atoms with Crippen LogP contribution in [0.3, 0.4) is 0 Å². The van der Waals surface area contributed by atoms with Crippen LogP contribution in [0.1, 0.15) is 5.56 Å². The number of sulfonamides is 1. The van der Waals surface area contributed by atoms with Crippen LogP contribution in [0, 0.1) is 6.92 Å². The van der Waals surface area contributed by atoms with Crippen molar-refractivity contribution < 1.29 is 8.42 Å². The summed E-state index contributed by atoms with van der Waals surface area (Å²) in [4.78, 5) is 4.43. The summed E-state index contributed by atoms with van der Waals surface area (Å²) in [6.07, 6.45) is 1.70. The fourth-order valence-corrected chi connectivity index (χ4v) is 4.19. The first-order valence-corrected chi connectivity index (χ1v) is 9.53. The van der Waals surface area contributed by atoms with Crippen molar-refractivity contribution in [1.29, 1.82) is 0 Å². The molecule has 0 radical (unpaired) electrons. The summed E-state index contributed by atoms with van der Waals surface area (Å²) in [6, 6.07) is 11.9. The minimum Gasteiger partial charge on any atom is -0.250 e. The first-order chi connectivity index (χ1) is 10.5. The molecule has 0 bridgehead atoms. The Bertz CT molecular complexity index is 716. The molecule has 0 spiro atoms. The molecule has 0 aliphatic rings. The summed E-state index contributed by atoms with van der Waals surface area (Å²) in [5.74, 6) is 0.492. The maximum Gasteiger partial charge on any atom is 0.241 e. The zero-order valence-corrected chi connectivity index (χ0v) is 14.4. The Labute approximate surface area is 140 Å². The Kier molecular flexibility index (Phi) is 6.07. The van der Waals surface area contributed by atoms with E-state index < -0.39 is 16.1 Å². The average Bonchev–Trinajstić information content (AvgIpc) is 2.52. The van der Waals surface area contributed by atoms with E-state index >= 15 is 0 Å². The fourth-order valence-electron chi connectivity index (χ4n) is 1.69. The highest BCUT2D eigenvalue weighted by atomic mass is 32.2. The van der Waals surface area contributed by atoms with E-state index in [9.17, 15) is 8.42 Å². The largest absolute Gasteiger partial charge is 0.250 e. The minimum absolute atomic E-state index is 0.239. The highest BCUT2D eigenvalue weighted by molar-refractivity contribution is 7.99. The lowest BCUT2D eigenvalue weighted by Gasteiger charge is -2.14. The SMILES string of the molecule is Cc1ccc(S(=O)(=O)NC(C=S)CSc2ccccn2)cc1. The number of rotatable bonds is 7. The number of aryl methyl sites for hydroxylation is 1. The second-order valence-electron chi connectivity index (χ2n) is 4.66. The van der Waals surface area contributed by atoms with E-state index in [-0.39, 0.29) is 4.90 Å². The number of aromatic nitrogens is 1. The molecule has 2 aromatic rings. The summed E-state index contributed by atoms with van der Waals surface area (Å²) in [7, 11) is -3.57. The van der Waals surface area contributed by atoms with E-state index in [0.29, 0.717) is 5.75 Å². The summed E-state index contributed by atoms with van der Waals surface area (Å²) >= 11 is 6.40. The number of thioether (sulfide) groups is 1. The maximum absolute atomic E-state index is 12.3. The van der Waals surface area contributed by atoms with Crippen molar-refractivity contribution in [3.8, 4) is 0 Å². The van der Waals surface area contributed by atoms with E-state index in [1.807, 2.05) is 25.1 Å². The Hall–Kier alpha value is -1.28. The van der Waals surface area contributed by atoms with Gasteiger partial charge in [0.25, 0.3) is 0 Å². The van der Waals surface area contributed by atoms with E-state index in [2.05, 4.69) is 9.71 Å². The molecule has 2 rings (SSSR count). The number of thiocarbonyl (C=S) groups is 1. The molecule has 1 unspecified atom stereocenters. The normalized spacial score (nSPS) is 12.8. The number of pyridine rings is 1. The molecule has 1 atom stereocenters. The summed E-state index contributed by atoms with van der Waals surface area (Å²) in [5, 5.41) is 2.26. The van der Waals surface area contributed by atoms with E-state index in [4.69, 9.17) is 12.2 Å². The van der Waals surface area contributed by atoms with Gasteiger partial charge in [0.1, 0.15) is 0 Å². The van der Waals surface area contributed by atoms with E-state index in [1.165, 1.54) is 17.1 Å². The number of nitrogens with one attached hydrogen (secondary N) is 1. The van der Waals surface area contributed by atoms with Crippen LogP contribution in [0.5, 0.6) is 0 Å². The van der Waals surface area contributed by atoms with Crippen molar-refractivity contribution in [3.05, 3.63) is 54.2 Å². The molecule has 1 N–H and O–H groups in total. The van der Waals surface area contributed by atoms with Gasteiger partial charge in [-0.3, -0.25) is 0 Å². The summed E-state index contributed by atoms with van der Waals surface area (Å²) in [5.41, 5.74) is 1.01. The van der Waals surface area contributed by atoms with Gasteiger partial charge < -0.3 is 0 Å². The third-order valence-electron chi connectivity index (χ3n) is 2.85. The maximum atomic E-state index is 12.3. The highest BCUT2D eigenvalue weighted by Gasteiger charge is 2.18. The molecule has 0 saturated heterocycles. The second kappa shape index (κ2) is 7.82. The third kappa shape index (κ3) is 4.88. The molecular weight excluding hydrogens is 336 g/mol. The van der Waals surface area contributed by atoms with Crippen molar-refractivity contribution in [2.45, 2.75) is 22.9 Å². The van der Waals surface area contributed by atoms with Gasteiger partial charge in [0.15, 0.2) is 0 Å². The molecular formula is C15H16N2O2S3. The summed E-state index contributed by atoms with van der Waals surface area (Å²) in [6.45, 7) is 1.91. The molecule has 1 heterocycles. The molecule has 22 heavy (non-hydrogen) atoms. The summed E-state index contributed by atoms with van der Waals surface area (Å²) < 4.78 is 27.3. The fraction of sp³-hybridized carbons (Fsp3) is 0.200. The monoisotopic (exact) mass is 352 g/mol. The smallest absolute Gasteiger partial charge is 0.241 e. The zero-order valence-electron chi connectivity index (χ0n) is 12.0. The highest BCUT2D eigenvalue weighted by Crippen LogP contribution is 2.16. The van der Waals surface area contributed by atoms with Gasteiger partial charge in [0.2, 0.25) is 10.0 Å². The molecule has 1 aromatic heterocycles. The van der Waals surface area contributed by atoms with Gasteiger partial charge in [0, 0.05) is 11.9 Å². The second-order valence-corrected chi connectivity index (χ2v) is 7.68. The van der Waals surface area contributed by atoms with Crippen LogP contribution in [0.25, 0.3) is 0 Å². The molecule has 4 nitrogen and oxygen atoms in total. The first kappa shape index (κ1) is 17.1. The van der Waals surface area contributed by atoms with Crippen molar-refractivity contribution in [2.75, 3.05) is 5.75 Å². The van der Waals surface area contributed by atoms with Crippen LogP contribution in [0.2, 0.25) is 0 Å². The zero-order chi connectivity index (χ0) is 16.0. The topological polar surface area (TPSA) is 59.1 Å². The van der Waals surface area contributed by atoms with Crippen LogP contribution >= 0.6 is 24.0 Å². The lowest BCUT2D eigenvalue weighted by atomic mass is 10.2. The van der Waals surface area contributed by atoms with Crippen molar-refractivity contribution >= 4 is 39.4 Å². The Morgan fingerprint density at radius 2 is 2.00 bits per heavy atom. The molecule has 0 fully saturated rings. The molecule has 1 aromatic carbocycles.